The number of aromatic nitrogens is 7. The molecule has 1 aliphatic rings. The van der Waals surface area contributed by atoms with Crippen LogP contribution in [0.5, 0.6) is 0 Å². The number of tetrazole rings is 1. The van der Waals surface area contributed by atoms with Crippen molar-refractivity contribution in [1.82, 2.24) is 40.7 Å². The number of amides is 1. The lowest BCUT2D eigenvalue weighted by Crippen LogP contribution is -2.29. The van der Waals surface area contributed by atoms with E-state index in [0.29, 0.717) is 0 Å². The maximum absolute atomic E-state index is 11.8. The number of hydrogen-bond donors (Lipinski definition) is 2. The van der Waals surface area contributed by atoms with E-state index in [2.05, 4.69) is 36.1 Å². The Morgan fingerprint density at radius 3 is 3.11 bits per heavy atom. The van der Waals surface area contributed by atoms with Crippen LogP contribution in [0.3, 0.4) is 0 Å². The third-order valence-electron chi connectivity index (χ3n) is 2.92. The van der Waals surface area contributed by atoms with Crippen LogP contribution in [0.2, 0.25) is 0 Å². The molecule has 2 N–H and O–H groups in total. The number of carbonyl (C=O) groups excluding carboxylic acids is 1. The molecule has 0 fully saturated rings. The van der Waals surface area contributed by atoms with Crippen molar-refractivity contribution in [2.24, 2.45) is 0 Å². The van der Waals surface area contributed by atoms with E-state index >= 15 is 0 Å². The first-order valence-corrected chi connectivity index (χ1v) is 5.72. The van der Waals surface area contributed by atoms with Crippen LogP contribution in [0.15, 0.2) is 0 Å². The number of nitrogens with zero attached hydrogens (tertiary/aromatic N) is 6. The van der Waals surface area contributed by atoms with E-state index in [1.54, 1.807) is 0 Å². The van der Waals surface area contributed by atoms with Crippen LogP contribution in [0, 0.1) is 0 Å². The highest BCUT2D eigenvalue weighted by Crippen LogP contribution is 2.18. The van der Waals surface area contributed by atoms with E-state index < -0.39 is 0 Å². The van der Waals surface area contributed by atoms with Crippen LogP contribution < -0.4 is 5.32 Å². The van der Waals surface area contributed by atoms with E-state index in [-0.39, 0.29) is 17.8 Å². The predicted octanol–water partition coefficient (Wildman–Crippen LogP) is -0.772. The largest absolute Gasteiger partial charge is 0.339 e. The fraction of sp³-hybridized carbons (Fsp3) is 0.556. The van der Waals surface area contributed by atoms with Gasteiger partial charge in [-0.15, -0.1) is 20.4 Å². The fourth-order valence-electron chi connectivity index (χ4n) is 2.08. The van der Waals surface area contributed by atoms with Gasteiger partial charge in [-0.3, -0.25) is 4.79 Å². The molecule has 94 valence electrons. The fourth-order valence-corrected chi connectivity index (χ4v) is 2.08. The molecule has 3 heterocycles. The van der Waals surface area contributed by atoms with Crippen LogP contribution in [0.1, 0.15) is 41.7 Å². The monoisotopic (exact) mass is 248 g/mol. The molecule has 9 heteroatoms. The van der Waals surface area contributed by atoms with E-state index in [9.17, 15) is 4.79 Å². The highest BCUT2D eigenvalue weighted by molar-refractivity contribution is 5.90. The van der Waals surface area contributed by atoms with Gasteiger partial charge in [0.05, 0.1) is 6.04 Å². The molecule has 3 rings (SSSR count). The van der Waals surface area contributed by atoms with Crippen LogP contribution in [-0.4, -0.2) is 41.3 Å². The van der Waals surface area contributed by atoms with Crippen molar-refractivity contribution in [3.63, 3.8) is 0 Å². The Bertz CT molecular complexity index is 559. The second-order valence-electron chi connectivity index (χ2n) is 4.16. The van der Waals surface area contributed by atoms with E-state index in [1.165, 1.54) is 0 Å². The summed E-state index contributed by atoms with van der Waals surface area (Å²) in [5.74, 6) is 1.37. The Labute approximate surface area is 102 Å². The minimum Gasteiger partial charge on any atom is -0.339 e. The molecule has 0 spiro atoms. The molecule has 0 saturated carbocycles. The zero-order chi connectivity index (χ0) is 12.5. The second kappa shape index (κ2) is 4.17. The Kier molecular flexibility index (Phi) is 2.50. The predicted molar refractivity (Wildman–Crippen MR) is 58.4 cm³/mol. The van der Waals surface area contributed by atoms with Gasteiger partial charge in [-0.25, -0.2) is 0 Å². The Morgan fingerprint density at radius 2 is 2.33 bits per heavy atom. The van der Waals surface area contributed by atoms with E-state index in [1.807, 2.05) is 11.5 Å². The standard InChI is InChI=1S/C9H12N8O/c1-5(10-9(18)7-12-15-16-13-7)8-14-11-6-3-2-4-17(6)8/h5H,2-4H2,1H3,(H,10,18)(H,12,13,15,16). The topological polar surface area (TPSA) is 114 Å². The second-order valence-corrected chi connectivity index (χ2v) is 4.16. The SMILES string of the molecule is CC(NC(=O)c1nn[nH]n1)c1nnc2n1CCC2. The number of aromatic amines is 1. The maximum Gasteiger partial charge on any atom is 0.293 e. The lowest BCUT2D eigenvalue weighted by molar-refractivity contribution is 0.0927. The van der Waals surface area contributed by atoms with Gasteiger partial charge in [-0.2, -0.15) is 5.21 Å². The van der Waals surface area contributed by atoms with Gasteiger partial charge in [0.2, 0.25) is 0 Å². The smallest absolute Gasteiger partial charge is 0.293 e. The highest BCUT2D eigenvalue weighted by Gasteiger charge is 2.23. The first kappa shape index (κ1) is 10.8. The van der Waals surface area contributed by atoms with Gasteiger partial charge in [-0.05, 0) is 18.6 Å². The third kappa shape index (κ3) is 1.73. The molecule has 18 heavy (non-hydrogen) atoms. The van der Waals surface area contributed by atoms with Crippen molar-refractivity contribution in [2.75, 3.05) is 0 Å². The lowest BCUT2D eigenvalue weighted by Gasteiger charge is -2.12. The summed E-state index contributed by atoms with van der Waals surface area (Å²) in [5.41, 5.74) is 0. The summed E-state index contributed by atoms with van der Waals surface area (Å²) in [4.78, 5) is 11.8. The van der Waals surface area contributed by atoms with Gasteiger partial charge in [0.15, 0.2) is 5.82 Å². The quantitative estimate of drug-likeness (QED) is 0.737. The normalized spacial score (nSPS) is 15.4. The average molecular weight is 248 g/mol. The van der Waals surface area contributed by atoms with Crippen LogP contribution in [0.25, 0.3) is 0 Å². The van der Waals surface area contributed by atoms with Crippen molar-refractivity contribution >= 4 is 5.91 Å². The summed E-state index contributed by atoms with van der Waals surface area (Å²) in [7, 11) is 0. The molecule has 1 atom stereocenters. The van der Waals surface area contributed by atoms with Gasteiger partial charge in [0.1, 0.15) is 5.82 Å². The molecule has 1 amide bonds. The Hall–Kier alpha value is -2.32. The summed E-state index contributed by atoms with van der Waals surface area (Å²) in [5, 5.41) is 23.8. The number of nitrogens with one attached hydrogen (secondary N) is 2. The van der Waals surface area contributed by atoms with Gasteiger partial charge < -0.3 is 9.88 Å². The molecule has 0 saturated heterocycles. The van der Waals surface area contributed by atoms with E-state index in [0.717, 1.165) is 31.0 Å². The van der Waals surface area contributed by atoms with Crippen LogP contribution in [0.4, 0.5) is 0 Å². The number of fused-ring (bicyclic) bond motifs is 1. The highest BCUT2D eigenvalue weighted by atomic mass is 16.2. The zero-order valence-electron chi connectivity index (χ0n) is 9.79. The van der Waals surface area contributed by atoms with Gasteiger partial charge >= 0.3 is 0 Å². The number of carbonyl (C=O) groups is 1. The average Bonchev–Trinajstić information content (AvgIpc) is 3.06. The molecule has 0 radical (unpaired) electrons. The number of rotatable bonds is 3. The summed E-state index contributed by atoms with van der Waals surface area (Å²) in [6.07, 6.45) is 2.02. The van der Waals surface area contributed by atoms with Crippen LogP contribution >= 0.6 is 0 Å². The first-order valence-electron chi connectivity index (χ1n) is 5.72. The summed E-state index contributed by atoms with van der Waals surface area (Å²) >= 11 is 0. The molecule has 0 bridgehead atoms. The van der Waals surface area contributed by atoms with Crippen LogP contribution in [-0.2, 0) is 13.0 Å². The molecule has 1 aliphatic heterocycles. The molecule has 9 nitrogen and oxygen atoms in total. The lowest BCUT2D eigenvalue weighted by atomic mass is 10.3. The minimum atomic E-state index is -0.383. The van der Waals surface area contributed by atoms with Crippen molar-refractivity contribution < 1.29 is 4.79 Å². The molecular formula is C9H12N8O. The number of aryl methyl sites for hydroxylation is 1. The molecule has 1 unspecified atom stereocenters. The third-order valence-corrected chi connectivity index (χ3v) is 2.92. The molecule has 0 aliphatic carbocycles. The summed E-state index contributed by atoms with van der Waals surface area (Å²) in [6, 6.07) is -0.240. The molecular weight excluding hydrogens is 236 g/mol. The van der Waals surface area contributed by atoms with Gasteiger partial charge in [-0.1, -0.05) is 0 Å². The van der Waals surface area contributed by atoms with Gasteiger partial charge in [0, 0.05) is 13.0 Å². The minimum absolute atomic E-state index is 0.0167. The van der Waals surface area contributed by atoms with Gasteiger partial charge in [0.25, 0.3) is 11.7 Å². The Balaban J connectivity index is 1.75. The summed E-state index contributed by atoms with van der Waals surface area (Å²) in [6.45, 7) is 2.76. The van der Waals surface area contributed by atoms with E-state index in [4.69, 9.17) is 0 Å². The molecule has 0 aromatic carbocycles. The molecule has 2 aromatic rings. The zero-order valence-corrected chi connectivity index (χ0v) is 9.79. The van der Waals surface area contributed by atoms with Crippen molar-refractivity contribution in [3.8, 4) is 0 Å². The number of H-pyrrole nitrogens is 1. The number of hydrogen-bond acceptors (Lipinski definition) is 6. The summed E-state index contributed by atoms with van der Waals surface area (Å²) < 4.78 is 2.04. The van der Waals surface area contributed by atoms with Crippen molar-refractivity contribution in [1.29, 1.82) is 0 Å². The first-order chi connectivity index (χ1) is 8.75. The Morgan fingerprint density at radius 1 is 1.44 bits per heavy atom. The van der Waals surface area contributed by atoms with Crippen molar-refractivity contribution in [3.05, 3.63) is 17.5 Å². The van der Waals surface area contributed by atoms with Crippen molar-refractivity contribution in [2.45, 2.75) is 32.4 Å². The maximum atomic E-state index is 11.8. The molecule has 2 aromatic heterocycles.